The molecule has 1 aromatic carbocycles. The second-order valence-electron chi connectivity index (χ2n) is 5.19. The summed E-state index contributed by atoms with van der Waals surface area (Å²) in [5.41, 5.74) is 3.65. The van der Waals surface area contributed by atoms with Crippen molar-refractivity contribution in [3.63, 3.8) is 0 Å². The summed E-state index contributed by atoms with van der Waals surface area (Å²) < 4.78 is 1.68. The monoisotopic (exact) mass is 310 g/mol. The molecule has 1 N–H and O–H groups in total. The summed E-state index contributed by atoms with van der Waals surface area (Å²) >= 11 is 0. The molecule has 0 radical (unpaired) electrons. The van der Waals surface area contributed by atoms with Gasteiger partial charge in [-0.3, -0.25) is 0 Å². The second kappa shape index (κ2) is 5.38. The minimum Gasteiger partial charge on any atom is -0.358 e. The lowest BCUT2D eigenvalue weighted by Crippen LogP contribution is -1.95. The van der Waals surface area contributed by atoms with Crippen molar-refractivity contribution >= 4 is 16.9 Å². The Hall–Kier alpha value is -3.90. The molecule has 0 unspecified atom stereocenters. The first-order valence-corrected chi connectivity index (χ1v) is 7.20. The quantitative estimate of drug-likeness (QED) is 0.572. The summed E-state index contributed by atoms with van der Waals surface area (Å²) in [5, 5.41) is 14.4. The van der Waals surface area contributed by atoms with E-state index in [1.807, 2.05) is 30.6 Å². The Morgan fingerprint density at radius 2 is 2.17 bits per heavy atom. The highest BCUT2D eigenvalue weighted by molar-refractivity contribution is 5.85. The van der Waals surface area contributed by atoms with Gasteiger partial charge in [0.1, 0.15) is 5.65 Å². The second-order valence-corrected chi connectivity index (χ2v) is 5.19. The van der Waals surface area contributed by atoms with Crippen molar-refractivity contribution < 1.29 is 0 Å². The van der Waals surface area contributed by atoms with Gasteiger partial charge in [-0.1, -0.05) is 18.7 Å². The average molecular weight is 310 g/mol. The first-order valence-electron chi connectivity index (χ1n) is 7.20. The van der Waals surface area contributed by atoms with E-state index in [1.165, 1.54) is 0 Å². The van der Waals surface area contributed by atoms with Crippen LogP contribution in [0.5, 0.6) is 0 Å². The summed E-state index contributed by atoms with van der Waals surface area (Å²) in [5.74, 6) is 0.297. The van der Waals surface area contributed by atoms with Crippen molar-refractivity contribution in [3.05, 3.63) is 72.0 Å². The Balaban J connectivity index is 1.91. The topological polar surface area (TPSA) is 74.7 Å². The average Bonchev–Trinajstić information content (AvgIpc) is 3.28. The van der Waals surface area contributed by atoms with Crippen molar-refractivity contribution in [3.8, 4) is 22.9 Å². The van der Waals surface area contributed by atoms with Crippen LogP contribution in [-0.2, 0) is 0 Å². The zero-order valence-electron chi connectivity index (χ0n) is 12.4. The maximum atomic E-state index is 9.07. The number of hydrogen-bond donors (Lipinski definition) is 1. The molecule has 24 heavy (non-hydrogen) atoms. The van der Waals surface area contributed by atoms with Gasteiger partial charge in [0.05, 0.1) is 17.3 Å². The van der Waals surface area contributed by atoms with E-state index in [0.29, 0.717) is 16.9 Å². The normalized spacial score (nSPS) is 10.4. The fraction of sp³-hybridized carbons (Fsp3) is 0. The Morgan fingerprint density at radius 1 is 1.25 bits per heavy atom. The molecule has 0 saturated carbocycles. The number of pyridine rings is 1. The fourth-order valence-corrected chi connectivity index (χ4v) is 2.68. The highest BCUT2D eigenvalue weighted by Crippen LogP contribution is 2.31. The lowest BCUT2D eigenvalue weighted by atomic mass is 10.1. The van der Waals surface area contributed by atoms with E-state index < -0.39 is 0 Å². The van der Waals surface area contributed by atoms with Gasteiger partial charge in [0.25, 0.3) is 0 Å². The Kier molecular flexibility index (Phi) is 3.08. The van der Waals surface area contributed by atoms with Gasteiger partial charge in [0.2, 0.25) is 0 Å². The Labute approximate surface area is 137 Å². The lowest BCUT2D eigenvalue weighted by molar-refractivity contribution is 0.894. The number of nitrogens with zero attached hydrogens (tertiary/aromatic N) is 5. The minimum atomic E-state index is 0.297. The molecule has 6 nitrogen and oxygen atoms in total. The first-order chi connectivity index (χ1) is 11.8. The van der Waals surface area contributed by atoms with Crippen molar-refractivity contribution in [2.75, 3.05) is 0 Å². The number of H-pyrrole nitrogens is 1. The molecule has 0 spiro atoms. The van der Waals surface area contributed by atoms with Gasteiger partial charge in [-0.15, -0.1) is 0 Å². The molecular formula is C18H10N6. The third-order valence-corrected chi connectivity index (χ3v) is 3.79. The lowest BCUT2D eigenvalue weighted by Gasteiger charge is -2.00. The molecule has 0 aliphatic heterocycles. The van der Waals surface area contributed by atoms with E-state index in [-0.39, 0.29) is 0 Å². The van der Waals surface area contributed by atoms with Gasteiger partial charge in [0, 0.05) is 29.5 Å². The number of benzene rings is 1. The van der Waals surface area contributed by atoms with Crippen LogP contribution in [0.4, 0.5) is 5.82 Å². The van der Waals surface area contributed by atoms with Gasteiger partial charge in [-0.05, 0) is 34.9 Å². The summed E-state index contributed by atoms with van der Waals surface area (Å²) in [4.78, 5) is 10.9. The van der Waals surface area contributed by atoms with Crippen LogP contribution in [0.25, 0.3) is 32.7 Å². The van der Waals surface area contributed by atoms with Crippen LogP contribution >= 0.6 is 0 Å². The number of aromatic amines is 1. The molecule has 3 aromatic heterocycles. The van der Waals surface area contributed by atoms with E-state index in [2.05, 4.69) is 26.0 Å². The molecule has 0 aliphatic rings. The van der Waals surface area contributed by atoms with Crippen LogP contribution in [0.2, 0.25) is 0 Å². The highest BCUT2D eigenvalue weighted by atomic mass is 15.3. The van der Waals surface area contributed by atoms with Crippen molar-refractivity contribution in [1.29, 1.82) is 5.26 Å². The van der Waals surface area contributed by atoms with Gasteiger partial charge < -0.3 is 9.83 Å². The smallest absolute Gasteiger partial charge is 0.303 e. The van der Waals surface area contributed by atoms with E-state index in [9.17, 15) is 0 Å². The predicted octanol–water partition coefficient (Wildman–Crippen LogP) is 3.84. The van der Waals surface area contributed by atoms with Gasteiger partial charge >= 0.3 is 5.82 Å². The standard InChI is InChI=1S/C18H10N6/c1-20-17-15(13-4-2-3-12(9-13)10-19)11-24(23-17)16-6-8-22-18-14(16)5-7-21-18/h2-9,11H,(H,21,22). The van der Waals surface area contributed by atoms with Crippen LogP contribution in [0.3, 0.4) is 0 Å². The Bertz CT molecular complexity index is 1140. The number of rotatable bonds is 2. The molecule has 0 saturated heterocycles. The number of aromatic nitrogens is 4. The molecule has 6 heteroatoms. The molecule has 0 amide bonds. The van der Waals surface area contributed by atoms with E-state index in [4.69, 9.17) is 11.8 Å². The summed E-state index contributed by atoms with van der Waals surface area (Å²) in [6.45, 7) is 7.41. The van der Waals surface area contributed by atoms with Gasteiger partial charge in [-0.25, -0.2) is 4.98 Å². The Morgan fingerprint density at radius 3 is 3.00 bits per heavy atom. The molecular weight excluding hydrogens is 300 g/mol. The van der Waals surface area contributed by atoms with E-state index >= 15 is 0 Å². The zero-order valence-corrected chi connectivity index (χ0v) is 12.4. The largest absolute Gasteiger partial charge is 0.358 e. The third-order valence-electron chi connectivity index (χ3n) is 3.79. The van der Waals surface area contributed by atoms with Crippen molar-refractivity contribution in [2.24, 2.45) is 0 Å². The van der Waals surface area contributed by atoms with Crippen LogP contribution in [-0.4, -0.2) is 19.7 Å². The third kappa shape index (κ3) is 2.11. The van der Waals surface area contributed by atoms with Crippen LogP contribution in [0.15, 0.2) is 55.0 Å². The molecule has 4 aromatic rings. The van der Waals surface area contributed by atoms with Crippen LogP contribution < -0.4 is 0 Å². The number of hydrogen-bond acceptors (Lipinski definition) is 3. The highest BCUT2D eigenvalue weighted by Gasteiger charge is 2.16. The van der Waals surface area contributed by atoms with Crippen molar-refractivity contribution in [2.45, 2.75) is 0 Å². The number of nitrogens with one attached hydrogen (secondary N) is 1. The van der Waals surface area contributed by atoms with Crippen LogP contribution in [0, 0.1) is 17.9 Å². The molecule has 0 aliphatic carbocycles. The predicted molar refractivity (Wildman–Crippen MR) is 89.6 cm³/mol. The van der Waals surface area contributed by atoms with Gasteiger partial charge in [-0.2, -0.15) is 9.94 Å². The fourth-order valence-electron chi connectivity index (χ4n) is 2.68. The molecule has 112 valence electrons. The number of nitriles is 1. The summed E-state index contributed by atoms with van der Waals surface area (Å²) in [7, 11) is 0. The minimum absolute atomic E-state index is 0.297. The molecule has 4 rings (SSSR count). The maximum absolute atomic E-state index is 9.07. The summed E-state index contributed by atoms with van der Waals surface area (Å²) in [6.07, 6.45) is 5.33. The van der Waals surface area contributed by atoms with E-state index in [1.54, 1.807) is 29.1 Å². The zero-order chi connectivity index (χ0) is 16.5. The van der Waals surface area contributed by atoms with Crippen LogP contribution in [0.1, 0.15) is 5.56 Å². The molecule has 3 heterocycles. The van der Waals surface area contributed by atoms with Crippen molar-refractivity contribution in [1.82, 2.24) is 19.7 Å². The van der Waals surface area contributed by atoms with E-state index in [0.717, 1.165) is 22.3 Å². The van der Waals surface area contributed by atoms with Gasteiger partial charge in [0.15, 0.2) is 0 Å². The molecule has 0 fully saturated rings. The first kappa shape index (κ1) is 13.7. The number of fused-ring (bicyclic) bond motifs is 1. The summed E-state index contributed by atoms with van der Waals surface area (Å²) in [6, 6.07) is 13.1. The SMILES string of the molecule is [C-]#[N+]c1nn(-c2ccnc3[nH]ccc23)cc1-c1cccc(C#N)c1. The molecule has 0 bridgehead atoms. The molecule has 0 atom stereocenters. The maximum Gasteiger partial charge on any atom is 0.303 e.